The van der Waals surface area contributed by atoms with E-state index in [1.54, 1.807) is 21.0 Å². The van der Waals surface area contributed by atoms with E-state index in [0.29, 0.717) is 13.2 Å². The standard InChI is InChI=1S/C16H30N2O3/c1-5-13-9-6-7-11-18(13)15(20)16(2,3)14(19)17-10-8-12-21-4/h13H,5-12H2,1-4H3,(H,17,19). The van der Waals surface area contributed by atoms with Crippen molar-refractivity contribution in [3.63, 3.8) is 0 Å². The molecular formula is C16H30N2O3. The molecule has 1 saturated heterocycles. The van der Waals surface area contributed by atoms with Gasteiger partial charge in [-0.3, -0.25) is 9.59 Å². The lowest BCUT2D eigenvalue weighted by atomic mass is 9.87. The predicted octanol–water partition coefficient (Wildman–Crippen LogP) is 1.96. The van der Waals surface area contributed by atoms with E-state index in [-0.39, 0.29) is 17.9 Å². The number of nitrogens with one attached hydrogen (secondary N) is 1. The molecule has 2 amide bonds. The van der Waals surface area contributed by atoms with Crippen LogP contribution >= 0.6 is 0 Å². The van der Waals surface area contributed by atoms with Gasteiger partial charge in [0, 0.05) is 32.8 Å². The molecule has 0 bridgehead atoms. The van der Waals surface area contributed by atoms with Crippen molar-refractivity contribution in [2.45, 2.75) is 58.9 Å². The summed E-state index contributed by atoms with van der Waals surface area (Å²) in [5.41, 5.74) is -1.00. The number of rotatable bonds is 7. The largest absolute Gasteiger partial charge is 0.385 e. The number of amides is 2. The number of hydrogen-bond donors (Lipinski definition) is 1. The van der Waals surface area contributed by atoms with Gasteiger partial charge in [-0.15, -0.1) is 0 Å². The van der Waals surface area contributed by atoms with E-state index in [0.717, 1.165) is 32.2 Å². The third kappa shape index (κ3) is 4.70. The molecule has 0 saturated carbocycles. The number of hydrogen-bond acceptors (Lipinski definition) is 3. The van der Waals surface area contributed by atoms with Gasteiger partial charge in [0.25, 0.3) is 0 Å². The second-order valence-corrected chi connectivity index (χ2v) is 6.28. The Morgan fingerprint density at radius 1 is 1.33 bits per heavy atom. The Kier molecular flexibility index (Phi) is 7.15. The molecule has 0 aromatic rings. The lowest BCUT2D eigenvalue weighted by molar-refractivity contribution is -0.151. The number of nitrogens with zero attached hydrogens (tertiary/aromatic N) is 1. The van der Waals surface area contributed by atoms with Crippen molar-refractivity contribution in [3.8, 4) is 0 Å². The minimum Gasteiger partial charge on any atom is -0.385 e. The second-order valence-electron chi connectivity index (χ2n) is 6.28. The molecule has 5 nitrogen and oxygen atoms in total. The van der Waals surface area contributed by atoms with Crippen molar-refractivity contribution >= 4 is 11.8 Å². The number of carbonyl (C=O) groups excluding carboxylic acids is 2. The summed E-state index contributed by atoms with van der Waals surface area (Å²) < 4.78 is 4.95. The van der Waals surface area contributed by atoms with E-state index >= 15 is 0 Å². The predicted molar refractivity (Wildman–Crippen MR) is 82.9 cm³/mol. The van der Waals surface area contributed by atoms with Gasteiger partial charge in [0.15, 0.2) is 0 Å². The van der Waals surface area contributed by atoms with Gasteiger partial charge in [-0.05, 0) is 46.0 Å². The van der Waals surface area contributed by atoms with E-state index in [1.807, 2.05) is 4.90 Å². The highest BCUT2D eigenvalue weighted by atomic mass is 16.5. The van der Waals surface area contributed by atoms with Gasteiger partial charge in [-0.2, -0.15) is 0 Å². The van der Waals surface area contributed by atoms with Crippen LogP contribution in [0.25, 0.3) is 0 Å². The van der Waals surface area contributed by atoms with Crippen LogP contribution in [-0.2, 0) is 14.3 Å². The molecule has 0 radical (unpaired) electrons. The maximum atomic E-state index is 12.8. The lowest BCUT2D eigenvalue weighted by Gasteiger charge is -2.39. The molecule has 1 heterocycles. The Morgan fingerprint density at radius 2 is 2.05 bits per heavy atom. The van der Waals surface area contributed by atoms with Crippen LogP contribution < -0.4 is 5.32 Å². The lowest BCUT2D eigenvalue weighted by Crippen LogP contribution is -2.54. The quantitative estimate of drug-likeness (QED) is 0.577. The van der Waals surface area contributed by atoms with Gasteiger partial charge in [-0.25, -0.2) is 0 Å². The monoisotopic (exact) mass is 298 g/mol. The van der Waals surface area contributed by atoms with E-state index in [2.05, 4.69) is 12.2 Å². The molecule has 122 valence electrons. The summed E-state index contributed by atoms with van der Waals surface area (Å²) in [6.45, 7) is 7.48. The first-order chi connectivity index (χ1) is 9.95. The molecule has 1 N–H and O–H groups in total. The molecule has 1 aliphatic rings. The molecule has 1 rings (SSSR count). The van der Waals surface area contributed by atoms with Crippen LogP contribution in [-0.4, -0.2) is 49.6 Å². The van der Waals surface area contributed by atoms with Crippen molar-refractivity contribution in [1.29, 1.82) is 0 Å². The Labute approximate surface area is 128 Å². The zero-order chi connectivity index (χ0) is 15.9. The number of piperidine rings is 1. The third-order valence-corrected chi connectivity index (χ3v) is 4.27. The Bertz CT molecular complexity index is 355. The minimum absolute atomic E-state index is 0.0432. The van der Waals surface area contributed by atoms with Gasteiger partial charge >= 0.3 is 0 Å². The number of likely N-dealkylation sites (tertiary alicyclic amines) is 1. The minimum atomic E-state index is -1.00. The molecule has 0 aromatic carbocycles. The maximum Gasteiger partial charge on any atom is 0.237 e. The van der Waals surface area contributed by atoms with E-state index < -0.39 is 5.41 Å². The van der Waals surface area contributed by atoms with E-state index in [1.165, 1.54) is 6.42 Å². The average molecular weight is 298 g/mol. The first-order valence-electron chi connectivity index (χ1n) is 8.03. The maximum absolute atomic E-state index is 12.8. The SMILES string of the molecule is CCC1CCCCN1C(=O)C(C)(C)C(=O)NCCCOC. The fraction of sp³-hybridized carbons (Fsp3) is 0.875. The third-order valence-electron chi connectivity index (χ3n) is 4.27. The number of ether oxygens (including phenoxy) is 1. The van der Waals surface area contributed by atoms with Crippen LogP contribution in [0, 0.1) is 5.41 Å². The van der Waals surface area contributed by atoms with Crippen LogP contribution in [0.4, 0.5) is 0 Å². The van der Waals surface area contributed by atoms with Crippen molar-refractivity contribution < 1.29 is 14.3 Å². The van der Waals surface area contributed by atoms with Gasteiger partial charge in [-0.1, -0.05) is 6.92 Å². The summed E-state index contributed by atoms with van der Waals surface area (Å²) in [7, 11) is 1.64. The first kappa shape index (κ1) is 18.0. The smallest absolute Gasteiger partial charge is 0.237 e. The first-order valence-corrected chi connectivity index (χ1v) is 8.03. The summed E-state index contributed by atoms with van der Waals surface area (Å²) in [6.07, 6.45) is 4.97. The normalized spacial score (nSPS) is 19.4. The van der Waals surface area contributed by atoms with Crippen molar-refractivity contribution in [2.24, 2.45) is 5.41 Å². The zero-order valence-electron chi connectivity index (χ0n) is 13.9. The topological polar surface area (TPSA) is 58.6 Å². The van der Waals surface area contributed by atoms with Crippen molar-refractivity contribution in [2.75, 3.05) is 26.8 Å². The fourth-order valence-corrected chi connectivity index (χ4v) is 2.79. The summed E-state index contributed by atoms with van der Waals surface area (Å²) >= 11 is 0. The molecular weight excluding hydrogens is 268 g/mol. The highest BCUT2D eigenvalue weighted by molar-refractivity contribution is 6.04. The summed E-state index contributed by atoms with van der Waals surface area (Å²) in [5.74, 6) is -0.234. The summed E-state index contributed by atoms with van der Waals surface area (Å²) in [5, 5.41) is 2.84. The van der Waals surface area contributed by atoms with Crippen LogP contribution in [0.2, 0.25) is 0 Å². The molecule has 1 aliphatic heterocycles. The molecule has 0 spiro atoms. The Morgan fingerprint density at radius 3 is 2.67 bits per heavy atom. The Balaban J connectivity index is 2.62. The molecule has 1 unspecified atom stereocenters. The molecule has 0 aliphatic carbocycles. The van der Waals surface area contributed by atoms with Crippen molar-refractivity contribution in [1.82, 2.24) is 10.2 Å². The van der Waals surface area contributed by atoms with Gasteiger partial charge in [0.2, 0.25) is 11.8 Å². The fourth-order valence-electron chi connectivity index (χ4n) is 2.79. The Hall–Kier alpha value is -1.10. The highest BCUT2D eigenvalue weighted by Gasteiger charge is 2.41. The molecule has 21 heavy (non-hydrogen) atoms. The van der Waals surface area contributed by atoms with Crippen LogP contribution in [0.15, 0.2) is 0 Å². The summed E-state index contributed by atoms with van der Waals surface area (Å²) in [6, 6.07) is 0.284. The van der Waals surface area contributed by atoms with Gasteiger partial charge in [0.05, 0.1) is 0 Å². The van der Waals surface area contributed by atoms with Crippen LogP contribution in [0.1, 0.15) is 52.9 Å². The zero-order valence-corrected chi connectivity index (χ0v) is 13.9. The summed E-state index contributed by atoms with van der Waals surface area (Å²) in [4.78, 5) is 27.0. The molecule has 0 aromatic heterocycles. The van der Waals surface area contributed by atoms with E-state index in [9.17, 15) is 9.59 Å². The van der Waals surface area contributed by atoms with Gasteiger partial charge < -0.3 is 15.0 Å². The number of carbonyl (C=O) groups is 2. The van der Waals surface area contributed by atoms with Crippen LogP contribution in [0.5, 0.6) is 0 Å². The average Bonchev–Trinajstić information content (AvgIpc) is 2.50. The van der Waals surface area contributed by atoms with E-state index in [4.69, 9.17) is 4.74 Å². The molecule has 1 fully saturated rings. The van der Waals surface area contributed by atoms with Gasteiger partial charge in [0.1, 0.15) is 5.41 Å². The highest BCUT2D eigenvalue weighted by Crippen LogP contribution is 2.26. The second kappa shape index (κ2) is 8.37. The van der Waals surface area contributed by atoms with Crippen LogP contribution in [0.3, 0.4) is 0 Å². The molecule has 1 atom stereocenters. The van der Waals surface area contributed by atoms with Crippen molar-refractivity contribution in [3.05, 3.63) is 0 Å². The number of methoxy groups -OCH3 is 1. The molecule has 5 heteroatoms.